The number of aromatic nitrogens is 1. The van der Waals surface area contributed by atoms with Gasteiger partial charge in [-0.05, 0) is 50.7 Å². The molecule has 3 heterocycles. The van der Waals surface area contributed by atoms with Crippen molar-refractivity contribution in [1.29, 1.82) is 0 Å². The van der Waals surface area contributed by atoms with Crippen LogP contribution in [-0.4, -0.2) is 34.6 Å². The molecule has 1 aromatic heterocycles. The van der Waals surface area contributed by atoms with Crippen molar-refractivity contribution in [3.8, 4) is 0 Å². The monoisotopic (exact) mass is 290 g/mol. The summed E-state index contributed by atoms with van der Waals surface area (Å²) in [6.07, 6.45) is 9.59. The lowest BCUT2D eigenvalue weighted by molar-refractivity contribution is -0.135. The molecule has 2 aliphatic heterocycles. The van der Waals surface area contributed by atoms with Gasteiger partial charge in [0.15, 0.2) is 0 Å². The van der Waals surface area contributed by atoms with E-state index < -0.39 is 0 Å². The van der Waals surface area contributed by atoms with Gasteiger partial charge in [-0.25, -0.2) is 0 Å². The molecule has 1 aromatic rings. The highest BCUT2D eigenvalue weighted by Crippen LogP contribution is 2.32. The van der Waals surface area contributed by atoms with Crippen LogP contribution in [0.25, 0.3) is 0 Å². The first kappa shape index (κ1) is 14.6. The van der Waals surface area contributed by atoms with Crippen LogP contribution in [0.1, 0.15) is 56.7 Å². The summed E-state index contributed by atoms with van der Waals surface area (Å²) in [5, 5.41) is 0. The van der Waals surface area contributed by atoms with Crippen LogP contribution < -0.4 is 0 Å². The van der Waals surface area contributed by atoms with Crippen LogP contribution >= 0.6 is 0 Å². The van der Waals surface area contributed by atoms with Crippen LogP contribution in [0.5, 0.6) is 0 Å². The van der Waals surface area contributed by atoms with E-state index in [1.807, 2.05) is 0 Å². The van der Waals surface area contributed by atoms with Gasteiger partial charge in [0.05, 0.1) is 12.1 Å². The van der Waals surface area contributed by atoms with Gasteiger partial charge in [0.25, 0.3) is 0 Å². The highest BCUT2D eigenvalue weighted by molar-refractivity contribution is 5.76. The van der Waals surface area contributed by atoms with E-state index in [4.69, 9.17) is 4.74 Å². The molecule has 0 saturated carbocycles. The van der Waals surface area contributed by atoms with E-state index in [0.29, 0.717) is 18.4 Å². The second-order valence-corrected chi connectivity index (χ2v) is 6.32. The van der Waals surface area contributed by atoms with Crippen LogP contribution in [0, 0.1) is 0 Å². The molecule has 1 amide bonds. The summed E-state index contributed by atoms with van der Waals surface area (Å²) in [6, 6.07) is 4.48. The third-order valence-corrected chi connectivity index (χ3v) is 4.85. The second kappa shape index (κ2) is 6.65. The first-order valence-electron chi connectivity index (χ1n) is 8.28. The maximum Gasteiger partial charge on any atom is 0.223 e. The molecule has 0 bridgehead atoms. The normalized spacial score (nSPS) is 26.2. The standard InChI is InChI=1S/C17H26N2O2/c1-18-11-4-8-15(18)16-7-2-3-12-19(16)17(20)10-9-14-6-5-13-21-14/h4,8,11,14,16H,2-3,5-7,9-10,12-13H2,1H3/t14-,16-/m1/s1. The zero-order chi connectivity index (χ0) is 14.7. The van der Waals surface area contributed by atoms with Gasteiger partial charge in [0, 0.05) is 38.5 Å². The summed E-state index contributed by atoms with van der Waals surface area (Å²) < 4.78 is 7.78. The lowest BCUT2D eigenvalue weighted by atomic mass is 9.98. The van der Waals surface area contributed by atoms with Crippen molar-refractivity contribution in [2.75, 3.05) is 13.2 Å². The third kappa shape index (κ3) is 3.31. The molecule has 0 aliphatic carbocycles. The maximum atomic E-state index is 12.6. The van der Waals surface area contributed by atoms with E-state index in [2.05, 4.69) is 34.8 Å². The molecule has 4 heteroatoms. The Morgan fingerprint density at radius 1 is 1.33 bits per heavy atom. The maximum absolute atomic E-state index is 12.6. The Morgan fingerprint density at radius 2 is 2.24 bits per heavy atom. The molecule has 0 N–H and O–H groups in total. The molecular weight excluding hydrogens is 264 g/mol. The number of amides is 1. The summed E-state index contributed by atoms with van der Waals surface area (Å²) in [7, 11) is 2.07. The SMILES string of the molecule is Cn1cccc1[C@H]1CCCCN1C(=O)CC[C@H]1CCCO1. The number of likely N-dealkylation sites (tertiary alicyclic amines) is 1. The summed E-state index contributed by atoms with van der Waals surface area (Å²) >= 11 is 0. The molecule has 2 saturated heterocycles. The first-order chi connectivity index (χ1) is 10.3. The summed E-state index contributed by atoms with van der Waals surface area (Å²) in [4.78, 5) is 14.7. The van der Waals surface area contributed by atoms with Gasteiger partial charge in [0.2, 0.25) is 5.91 Å². The number of hydrogen-bond acceptors (Lipinski definition) is 2. The number of piperidine rings is 1. The van der Waals surface area contributed by atoms with Crippen molar-refractivity contribution in [3.63, 3.8) is 0 Å². The Bertz CT molecular complexity index is 477. The van der Waals surface area contributed by atoms with Gasteiger partial charge < -0.3 is 14.2 Å². The molecule has 4 nitrogen and oxygen atoms in total. The Balaban J connectivity index is 1.63. The molecule has 116 valence electrons. The number of nitrogens with zero attached hydrogens (tertiary/aromatic N) is 2. The summed E-state index contributed by atoms with van der Waals surface area (Å²) in [6.45, 7) is 1.77. The average Bonchev–Trinajstić information content (AvgIpc) is 3.16. The van der Waals surface area contributed by atoms with Crippen LogP contribution in [0.2, 0.25) is 0 Å². The molecule has 0 aromatic carbocycles. The predicted octanol–water partition coefficient (Wildman–Crippen LogP) is 3.04. The van der Waals surface area contributed by atoms with E-state index in [1.54, 1.807) is 0 Å². The quantitative estimate of drug-likeness (QED) is 0.854. The third-order valence-electron chi connectivity index (χ3n) is 4.85. The van der Waals surface area contributed by atoms with Crippen molar-refractivity contribution in [3.05, 3.63) is 24.0 Å². The molecule has 3 rings (SSSR count). The smallest absolute Gasteiger partial charge is 0.223 e. The minimum absolute atomic E-state index is 0.260. The fourth-order valence-corrected chi connectivity index (χ4v) is 3.66. The number of aryl methyl sites for hydroxylation is 1. The number of carbonyl (C=O) groups excluding carboxylic acids is 1. The molecule has 2 atom stereocenters. The minimum Gasteiger partial charge on any atom is -0.378 e. The second-order valence-electron chi connectivity index (χ2n) is 6.32. The molecule has 0 unspecified atom stereocenters. The van der Waals surface area contributed by atoms with Crippen LogP contribution in [0.4, 0.5) is 0 Å². The van der Waals surface area contributed by atoms with Gasteiger partial charge in [-0.3, -0.25) is 4.79 Å². The predicted molar refractivity (Wildman–Crippen MR) is 81.9 cm³/mol. The lowest BCUT2D eigenvalue weighted by Crippen LogP contribution is -2.39. The summed E-state index contributed by atoms with van der Waals surface area (Å²) in [5.74, 6) is 0.302. The number of carbonyl (C=O) groups is 1. The van der Waals surface area contributed by atoms with E-state index in [9.17, 15) is 4.79 Å². The van der Waals surface area contributed by atoms with Crippen molar-refractivity contribution in [1.82, 2.24) is 9.47 Å². The molecule has 0 spiro atoms. The topological polar surface area (TPSA) is 34.5 Å². The van der Waals surface area contributed by atoms with E-state index in [1.165, 1.54) is 12.1 Å². The van der Waals surface area contributed by atoms with Crippen molar-refractivity contribution in [2.45, 2.75) is 57.1 Å². The molecule has 2 fully saturated rings. The Labute approximate surface area is 127 Å². The molecular formula is C17H26N2O2. The Hall–Kier alpha value is -1.29. The van der Waals surface area contributed by atoms with Gasteiger partial charge in [-0.15, -0.1) is 0 Å². The van der Waals surface area contributed by atoms with Gasteiger partial charge in [-0.2, -0.15) is 0 Å². The number of hydrogen-bond donors (Lipinski definition) is 0. The van der Waals surface area contributed by atoms with E-state index in [0.717, 1.165) is 45.3 Å². The Kier molecular flexibility index (Phi) is 4.63. The highest BCUT2D eigenvalue weighted by Gasteiger charge is 2.29. The van der Waals surface area contributed by atoms with Gasteiger partial charge in [0.1, 0.15) is 0 Å². The van der Waals surface area contributed by atoms with Gasteiger partial charge in [-0.1, -0.05) is 0 Å². The molecule has 2 aliphatic rings. The van der Waals surface area contributed by atoms with Crippen molar-refractivity contribution < 1.29 is 9.53 Å². The molecule has 21 heavy (non-hydrogen) atoms. The lowest BCUT2D eigenvalue weighted by Gasteiger charge is -2.36. The average molecular weight is 290 g/mol. The van der Waals surface area contributed by atoms with Gasteiger partial charge >= 0.3 is 0 Å². The zero-order valence-electron chi connectivity index (χ0n) is 13.0. The highest BCUT2D eigenvalue weighted by atomic mass is 16.5. The van der Waals surface area contributed by atoms with E-state index >= 15 is 0 Å². The van der Waals surface area contributed by atoms with Crippen LogP contribution in [0.15, 0.2) is 18.3 Å². The zero-order valence-corrected chi connectivity index (χ0v) is 13.0. The Morgan fingerprint density at radius 3 is 2.95 bits per heavy atom. The largest absolute Gasteiger partial charge is 0.378 e. The van der Waals surface area contributed by atoms with Crippen molar-refractivity contribution in [2.24, 2.45) is 7.05 Å². The first-order valence-corrected chi connectivity index (χ1v) is 8.28. The van der Waals surface area contributed by atoms with Crippen LogP contribution in [0.3, 0.4) is 0 Å². The van der Waals surface area contributed by atoms with E-state index in [-0.39, 0.29) is 6.04 Å². The fourth-order valence-electron chi connectivity index (χ4n) is 3.66. The summed E-state index contributed by atoms with van der Waals surface area (Å²) in [5.41, 5.74) is 1.26. The number of rotatable bonds is 4. The molecule has 0 radical (unpaired) electrons. The fraction of sp³-hybridized carbons (Fsp3) is 0.706. The van der Waals surface area contributed by atoms with Crippen LogP contribution in [-0.2, 0) is 16.6 Å². The number of ether oxygens (including phenoxy) is 1. The van der Waals surface area contributed by atoms with Crippen molar-refractivity contribution >= 4 is 5.91 Å². The minimum atomic E-state index is 0.260.